The Morgan fingerprint density at radius 3 is 1.82 bits per heavy atom. The first-order valence-corrected chi connectivity index (χ1v) is 4.22. The molecule has 0 bridgehead atoms. The van der Waals surface area contributed by atoms with Gasteiger partial charge in [-0.15, -0.1) is 0 Å². The van der Waals surface area contributed by atoms with Gasteiger partial charge < -0.3 is 5.11 Å². The van der Waals surface area contributed by atoms with Crippen molar-refractivity contribution in [3.8, 4) is 0 Å². The van der Waals surface area contributed by atoms with Gasteiger partial charge in [-0.3, -0.25) is 4.79 Å². The minimum absolute atomic E-state index is 0.316. The fourth-order valence-electron chi connectivity index (χ4n) is 0.328. The normalized spacial score (nSPS) is 8.82. The topological polar surface area (TPSA) is 37.3 Å². The quantitative estimate of drug-likeness (QED) is 0.689. The van der Waals surface area contributed by atoms with Crippen molar-refractivity contribution < 1.29 is 9.90 Å². The Kier molecular flexibility index (Phi) is 11.3. The van der Waals surface area contributed by atoms with Gasteiger partial charge in [-0.2, -0.15) is 0 Å². The molecule has 0 saturated heterocycles. The lowest BCUT2D eigenvalue weighted by Gasteiger charge is -1.85. The Labute approximate surface area is 69.6 Å². The van der Waals surface area contributed by atoms with Gasteiger partial charge >= 0.3 is 5.97 Å². The molecular weight excluding hydrogens is 140 g/mol. The van der Waals surface area contributed by atoms with Crippen LogP contribution in [-0.2, 0) is 4.79 Å². The van der Waals surface area contributed by atoms with Gasteiger partial charge in [0.25, 0.3) is 0 Å². The number of hydrogen-bond donors (Lipinski definition) is 1. The summed E-state index contributed by atoms with van der Waals surface area (Å²) in [5, 5.41) is 8.04. The Bertz CT molecular complexity index is 84.8. The van der Waals surface area contributed by atoms with E-state index in [1.54, 1.807) is 0 Å². The highest BCUT2D eigenvalue weighted by Crippen LogP contribution is 1.91. The first-order valence-electron chi connectivity index (χ1n) is 4.22. The third-order valence-electron chi connectivity index (χ3n) is 0.744. The summed E-state index contributed by atoms with van der Waals surface area (Å²) in [4.78, 5) is 9.76. The van der Waals surface area contributed by atoms with Crippen LogP contribution in [0.2, 0.25) is 0 Å². The maximum Gasteiger partial charge on any atom is 0.303 e. The van der Waals surface area contributed by atoms with Crippen LogP contribution in [0.25, 0.3) is 0 Å². The third-order valence-corrected chi connectivity index (χ3v) is 0.744. The van der Waals surface area contributed by atoms with E-state index in [4.69, 9.17) is 5.11 Å². The van der Waals surface area contributed by atoms with Crippen molar-refractivity contribution in [3.05, 3.63) is 0 Å². The van der Waals surface area contributed by atoms with Crippen molar-refractivity contribution in [1.29, 1.82) is 0 Å². The molecule has 0 amide bonds. The predicted octanol–water partition coefficient (Wildman–Crippen LogP) is 2.92. The van der Waals surface area contributed by atoms with E-state index in [0.29, 0.717) is 6.42 Å². The predicted molar refractivity (Wildman–Crippen MR) is 47.7 cm³/mol. The van der Waals surface area contributed by atoms with Crippen molar-refractivity contribution >= 4 is 5.97 Å². The smallest absolute Gasteiger partial charge is 0.303 e. The summed E-state index contributed by atoms with van der Waals surface area (Å²) in [6, 6.07) is 0. The molecule has 0 aliphatic rings. The van der Waals surface area contributed by atoms with E-state index >= 15 is 0 Å². The molecule has 0 aromatic heterocycles. The first-order chi connectivity index (χ1) is 5.00. The number of unbranched alkanes of at least 4 members (excludes halogenated alkanes) is 1. The molecule has 0 saturated carbocycles. The Morgan fingerprint density at radius 1 is 1.36 bits per heavy atom. The molecule has 0 heterocycles. The summed E-state index contributed by atoms with van der Waals surface area (Å²) >= 11 is 0. The van der Waals surface area contributed by atoms with E-state index in [1.165, 1.54) is 0 Å². The molecule has 0 spiro atoms. The lowest BCUT2D eigenvalue weighted by molar-refractivity contribution is -0.137. The van der Waals surface area contributed by atoms with E-state index in [0.717, 1.165) is 18.8 Å². The number of aliphatic carboxylic acids is 1. The number of hydrogen-bond acceptors (Lipinski definition) is 1. The molecule has 0 aliphatic carbocycles. The fourth-order valence-corrected chi connectivity index (χ4v) is 0.328. The summed E-state index contributed by atoms with van der Waals surface area (Å²) in [7, 11) is 0. The van der Waals surface area contributed by atoms with Gasteiger partial charge in [0.05, 0.1) is 0 Å². The van der Waals surface area contributed by atoms with Crippen LogP contribution in [0.4, 0.5) is 0 Å². The van der Waals surface area contributed by atoms with Crippen LogP contribution in [0, 0.1) is 5.92 Å². The summed E-state index contributed by atoms with van der Waals surface area (Å²) in [5.74, 6) is 0.141. The molecule has 2 heteroatoms. The highest BCUT2D eigenvalue weighted by atomic mass is 16.4. The van der Waals surface area contributed by atoms with E-state index in [-0.39, 0.29) is 0 Å². The molecule has 0 aromatic rings. The van der Waals surface area contributed by atoms with Gasteiger partial charge in [-0.1, -0.05) is 34.1 Å². The number of carboxylic acids is 1. The largest absolute Gasteiger partial charge is 0.481 e. The molecule has 0 radical (unpaired) electrons. The van der Waals surface area contributed by atoms with Crippen molar-refractivity contribution in [2.24, 2.45) is 5.92 Å². The van der Waals surface area contributed by atoms with Crippen LogP contribution in [0.1, 0.15) is 47.0 Å². The van der Waals surface area contributed by atoms with E-state index < -0.39 is 5.97 Å². The summed E-state index contributed by atoms with van der Waals surface area (Å²) in [5.41, 5.74) is 0. The third kappa shape index (κ3) is 43.9. The van der Waals surface area contributed by atoms with Crippen LogP contribution in [0.15, 0.2) is 0 Å². The van der Waals surface area contributed by atoms with Crippen molar-refractivity contribution in [2.75, 3.05) is 0 Å². The number of rotatable bonds is 3. The van der Waals surface area contributed by atoms with Gasteiger partial charge in [0, 0.05) is 6.42 Å². The van der Waals surface area contributed by atoms with Crippen molar-refractivity contribution in [1.82, 2.24) is 0 Å². The second-order valence-corrected chi connectivity index (χ2v) is 3.23. The van der Waals surface area contributed by atoms with Crippen molar-refractivity contribution in [2.45, 2.75) is 47.0 Å². The van der Waals surface area contributed by atoms with Crippen LogP contribution < -0.4 is 0 Å². The molecule has 68 valence electrons. The fraction of sp³-hybridized carbons (Fsp3) is 0.889. The molecule has 2 nitrogen and oxygen atoms in total. The lowest BCUT2D eigenvalue weighted by Crippen LogP contribution is -1.91. The Morgan fingerprint density at radius 2 is 1.73 bits per heavy atom. The molecule has 1 N–H and O–H groups in total. The minimum Gasteiger partial charge on any atom is -0.481 e. The molecule has 0 aromatic carbocycles. The SMILES string of the molecule is CC(C)C.CCCCC(=O)O. The zero-order valence-electron chi connectivity index (χ0n) is 8.05. The second-order valence-electron chi connectivity index (χ2n) is 3.23. The van der Waals surface area contributed by atoms with Crippen LogP contribution in [0.5, 0.6) is 0 Å². The number of carboxylic acid groups (broad SMARTS) is 1. The van der Waals surface area contributed by atoms with Crippen LogP contribution in [-0.4, -0.2) is 11.1 Å². The summed E-state index contributed by atoms with van der Waals surface area (Å²) in [6.07, 6.45) is 2.08. The van der Waals surface area contributed by atoms with Crippen molar-refractivity contribution in [3.63, 3.8) is 0 Å². The average molecular weight is 160 g/mol. The molecule has 0 fully saturated rings. The maximum absolute atomic E-state index is 9.76. The van der Waals surface area contributed by atoms with Gasteiger partial charge in [0.1, 0.15) is 0 Å². The molecule has 0 rings (SSSR count). The Balaban J connectivity index is 0. The van der Waals surface area contributed by atoms with E-state index in [2.05, 4.69) is 20.8 Å². The zero-order chi connectivity index (χ0) is 9.28. The second kappa shape index (κ2) is 9.47. The summed E-state index contributed by atoms with van der Waals surface area (Å²) in [6.45, 7) is 8.48. The minimum atomic E-state index is -0.693. The highest BCUT2D eigenvalue weighted by molar-refractivity contribution is 5.66. The van der Waals surface area contributed by atoms with Crippen LogP contribution in [0.3, 0.4) is 0 Å². The molecule has 11 heavy (non-hydrogen) atoms. The monoisotopic (exact) mass is 160 g/mol. The van der Waals surface area contributed by atoms with E-state index in [9.17, 15) is 4.79 Å². The molecule has 0 atom stereocenters. The Hall–Kier alpha value is -0.530. The van der Waals surface area contributed by atoms with E-state index in [1.807, 2.05) is 6.92 Å². The van der Waals surface area contributed by atoms with Gasteiger partial charge in [0.15, 0.2) is 0 Å². The molecule has 0 unspecified atom stereocenters. The highest BCUT2D eigenvalue weighted by Gasteiger charge is 1.90. The first kappa shape index (κ1) is 13.1. The summed E-state index contributed by atoms with van der Waals surface area (Å²) < 4.78 is 0. The standard InChI is InChI=1S/C5H10O2.C4H10/c1-2-3-4-5(6)7;1-4(2)3/h2-4H2,1H3,(H,6,7);4H,1-3H3. The van der Waals surface area contributed by atoms with Gasteiger partial charge in [0.2, 0.25) is 0 Å². The maximum atomic E-state index is 9.76. The molecular formula is C9H20O2. The average Bonchev–Trinajstić information content (AvgIpc) is 1.82. The molecule has 0 aliphatic heterocycles. The van der Waals surface area contributed by atoms with Gasteiger partial charge in [-0.05, 0) is 12.3 Å². The zero-order valence-corrected chi connectivity index (χ0v) is 8.05. The van der Waals surface area contributed by atoms with Gasteiger partial charge in [-0.25, -0.2) is 0 Å². The van der Waals surface area contributed by atoms with Crippen LogP contribution >= 0.6 is 0 Å². The number of carbonyl (C=O) groups is 1. The lowest BCUT2D eigenvalue weighted by atomic mass is 10.3.